The highest BCUT2D eigenvalue weighted by atomic mass is 19.1. The van der Waals surface area contributed by atoms with Gasteiger partial charge in [-0.25, -0.2) is 8.78 Å². The van der Waals surface area contributed by atoms with Crippen molar-refractivity contribution in [1.29, 1.82) is 0 Å². The van der Waals surface area contributed by atoms with Gasteiger partial charge in [-0.3, -0.25) is 4.79 Å². The average Bonchev–Trinajstić information content (AvgIpc) is 2.90. The summed E-state index contributed by atoms with van der Waals surface area (Å²) < 4.78 is 37.9. The number of benzene rings is 1. The monoisotopic (exact) mass is 283 g/mol. The Morgan fingerprint density at radius 1 is 1.15 bits per heavy atom. The number of hydrogen-bond acceptors (Lipinski definition) is 3. The van der Waals surface area contributed by atoms with Crippen LogP contribution in [0.25, 0.3) is 0 Å². The molecule has 2 aliphatic heterocycles. The van der Waals surface area contributed by atoms with Crippen molar-refractivity contribution in [2.75, 3.05) is 26.3 Å². The highest BCUT2D eigenvalue weighted by molar-refractivity contribution is 5.94. The van der Waals surface area contributed by atoms with Gasteiger partial charge in [0.25, 0.3) is 5.91 Å². The summed E-state index contributed by atoms with van der Waals surface area (Å²) in [6.07, 6.45) is 1.10. The van der Waals surface area contributed by atoms with Crippen molar-refractivity contribution in [3.63, 3.8) is 0 Å². The van der Waals surface area contributed by atoms with E-state index < -0.39 is 23.3 Å². The lowest BCUT2D eigenvalue weighted by Gasteiger charge is -2.37. The molecule has 0 saturated carbocycles. The number of carbonyl (C=O) groups is 1. The maximum Gasteiger partial charge on any atom is 0.256 e. The number of hydrogen-bond donors (Lipinski definition) is 0. The molecule has 108 valence electrons. The lowest BCUT2D eigenvalue weighted by Crippen LogP contribution is -2.47. The van der Waals surface area contributed by atoms with Crippen molar-refractivity contribution in [2.45, 2.75) is 18.6 Å². The molecule has 4 nitrogen and oxygen atoms in total. The molecule has 1 spiro atoms. The van der Waals surface area contributed by atoms with Crippen LogP contribution in [-0.4, -0.2) is 42.9 Å². The number of amides is 1. The zero-order valence-corrected chi connectivity index (χ0v) is 10.9. The lowest BCUT2D eigenvalue weighted by atomic mass is 10.0. The largest absolute Gasteiger partial charge is 0.347 e. The molecule has 1 aromatic rings. The standard InChI is InChI=1S/C14H15F2NO3/c15-10-1-2-12(16)11(9-10)13(18)17-5-3-14(4-6-17)19-7-8-20-14/h1-2,9H,3-8H2. The van der Waals surface area contributed by atoms with Crippen molar-refractivity contribution in [3.8, 4) is 0 Å². The van der Waals surface area contributed by atoms with Crippen LogP contribution in [0.2, 0.25) is 0 Å². The van der Waals surface area contributed by atoms with Crippen LogP contribution in [-0.2, 0) is 9.47 Å². The van der Waals surface area contributed by atoms with Crippen LogP contribution in [0.15, 0.2) is 18.2 Å². The van der Waals surface area contributed by atoms with Crippen molar-refractivity contribution >= 4 is 5.91 Å². The van der Waals surface area contributed by atoms with E-state index in [1.165, 1.54) is 4.90 Å². The first-order chi connectivity index (χ1) is 9.60. The van der Waals surface area contributed by atoms with Crippen molar-refractivity contribution in [3.05, 3.63) is 35.4 Å². The molecule has 2 fully saturated rings. The number of piperidine rings is 1. The molecular weight excluding hydrogens is 268 g/mol. The van der Waals surface area contributed by atoms with Gasteiger partial charge in [-0.1, -0.05) is 0 Å². The molecular formula is C14H15F2NO3. The molecule has 0 N–H and O–H groups in total. The molecule has 0 radical (unpaired) electrons. The minimum absolute atomic E-state index is 0.228. The number of halogens is 2. The molecule has 0 bridgehead atoms. The molecule has 0 aromatic heterocycles. The Labute approximate surface area is 115 Å². The fourth-order valence-electron chi connectivity index (χ4n) is 2.67. The highest BCUT2D eigenvalue weighted by Gasteiger charge is 2.41. The molecule has 0 unspecified atom stereocenters. The van der Waals surface area contributed by atoms with Crippen LogP contribution >= 0.6 is 0 Å². The third-order valence-corrected chi connectivity index (χ3v) is 3.78. The summed E-state index contributed by atoms with van der Waals surface area (Å²) in [6, 6.07) is 2.90. The van der Waals surface area contributed by atoms with E-state index in [1.807, 2.05) is 0 Å². The summed E-state index contributed by atoms with van der Waals surface area (Å²) >= 11 is 0. The van der Waals surface area contributed by atoms with E-state index in [2.05, 4.69) is 0 Å². The highest BCUT2D eigenvalue weighted by Crippen LogP contribution is 2.31. The van der Waals surface area contributed by atoms with Gasteiger partial charge < -0.3 is 14.4 Å². The topological polar surface area (TPSA) is 38.8 Å². The zero-order valence-electron chi connectivity index (χ0n) is 10.9. The van der Waals surface area contributed by atoms with Gasteiger partial charge in [0.15, 0.2) is 5.79 Å². The second-order valence-electron chi connectivity index (χ2n) is 5.02. The maximum absolute atomic E-state index is 13.6. The van der Waals surface area contributed by atoms with Crippen LogP contribution in [0, 0.1) is 11.6 Å². The summed E-state index contributed by atoms with van der Waals surface area (Å²) in [5, 5.41) is 0. The predicted molar refractivity (Wildman–Crippen MR) is 66.1 cm³/mol. The summed E-state index contributed by atoms with van der Waals surface area (Å²) in [7, 11) is 0. The van der Waals surface area contributed by atoms with E-state index in [-0.39, 0.29) is 5.56 Å². The van der Waals surface area contributed by atoms with E-state index in [0.717, 1.165) is 18.2 Å². The Morgan fingerprint density at radius 2 is 1.80 bits per heavy atom. The van der Waals surface area contributed by atoms with Crippen LogP contribution in [0.5, 0.6) is 0 Å². The summed E-state index contributed by atoms with van der Waals surface area (Å²) in [5.41, 5.74) is -0.228. The number of ether oxygens (including phenoxy) is 2. The van der Waals surface area contributed by atoms with Gasteiger partial charge >= 0.3 is 0 Å². The van der Waals surface area contributed by atoms with Crippen LogP contribution in [0.1, 0.15) is 23.2 Å². The van der Waals surface area contributed by atoms with Gasteiger partial charge in [0.05, 0.1) is 18.8 Å². The van der Waals surface area contributed by atoms with Gasteiger partial charge in [-0.2, -0.15) is 0 Å². The number of nitrogens with zero attached hydrogens (tertiary/aromatic N) is 1. The molecule has 3 rings (SSSR count). The van der Waals surface area contributed by atoms with E-state index >= 15 is 0 Å². The first kappa shape index (κ1) is 13.5. The predicted octanol–water partition coefficient (Wildman–Crippen LogP) is 1.94. The van der Waals surface area contributed by atoms with Gasteiger partial charge in [-0.15, -0.1) is 0 Å². The Bertz CT molecular complexity index is 519. The molecule has 0 aliphatic carbocycles. The molecule has 6 heteroatoms. The summed E-state index contributed by atoms with van der Waals surface area (Å²) in [4.78, 5) is 13.7. The van der Waals surface area contributed by atoms with Crippen molar-refractivity contribution in [1.82, 2.24) is 4.90 Å². The Balaban J connectivity index is 1.71. The third-order valence-electron chi connectivity index (χ3n) is 3.78. The number of carbonyl (C=O) groups excluding carboxylic acids is 1. The minimum atomic E-state index is -0.704. The van der Waals surface area contributed by atoms with E-state index in [1.54, 1.807) is 0 Å². The molecule has 20 heavy (non-hydrogen) atoms. The van der Waals surface area contributed by atoms with Crippen LogP contribution in [0.3, 0.4) is 0 Å². The zero-order chi connectivity index (χ0) is 14.2. The Kier molecular flexibility index (Phi) is 3.43. The Morgan fingerprint density at radius 3 is 2.45 bits per heavy atom. The van der Waals surface area contributed by atoms with Crippen LogP contribution < -0.4 is 0 Å². The molecule has 1 amide bonds. The van der Waals surface area contributed by atoms with Crippen molar-refractivity contribution in [2.24, 2.45) is 0 Å². The first-order valence-electron chi connectivity index (χ1n) is 6.62. The fraction of sp³-hybridized carbons (Fsp3) is 0.500. The molecule has 0 atom stereocenters. The first-order valence-corrected chi connectivity index (χ1v) is 6.62. The second-order valence-corrected chi connectivity index (χ2v) is 5.02. The minimum Gasteiger partial charge on any atom is -0.347 e. The van der Waals surface area contributed by atoms with E-state index in [9.17, 15) is 13.6 Å². The smallest absolute Gasteiger partial charge is 0.256 e. The fourth-order valence-corrected chi connectivity index (χ4v) is 2.67. The van der Waals surface area contributed by atoms with Crippen molar-refractivity contribution < 1.29 is 23.0 Å². The third kappa shape index (κ3) is 2.41. The Hall–Kier alpha value is -1.53. The summed E-state index contributed by atoms with van der Waals surface area (Å²) in [5.74, 6) is -2.40. The maximum atomic E-state index is 13.6. The van der Waals surface area contributed by atoms with Gasteiger partial charge in [-0.05, 0) is 18.2 Å². The molecule has 2 heterocycles. The molecule has 1 aromatic carbocycles. The molecule has 2 saturated heterocycles. The number of rotatable bonds is 1. The SMILES string of the molecule is O=C(c1cc(F)ccc1F)N1CCC2(CC1)OCCO2. The lowest BCUT2D eigenvalue weighted by molar-refractivity contribution is -0.181. The van der Waals surface area contributed by atoms with Gasteiger partial charge in [0.2, 0.25) is 0 Å². The van der Waals surface area contributed by atoms with Gasteiger partial charge in [0.1, 0.15) is 11.6 Å². The normalized spacial score (nSPS) is 21.4. The second kappa shape index (κ2) is 5.10. The number of likely N-dealkylation sites (tertiary alicyclic amines) is 1. The van der Waals surface area contributed by atoms with E-state index in [4.69, 9.17) is 9.47 Å². The average molecular weight is 283 g/mol. The summed E-state index contributed by atoms with van der Waals surface area (Å²) in [6.45, 7) is 1.95. The quantitative estimate of drug-likeness (QED) is 0.790. The van der Waals surface area contributed by atoms with E-state index in [0.29, 0.717) is 39.1 Å². The van der Waals surface area contributed by atoms with Gasteiger partial charge in [0, 0.05) is 25.9 Å². The van der Waals surface area contributed by atoms with Crippen LogP contribution in [0.4, 0.5) is 8.78 Å². The molecule has 2 aliphatic rings.